The Balaban J connectivity index is 1.83. The Labute approximate surface area is 249 Å². The number of carbonyl (C=O) groups is 2. The number of sulfonamides is 1. The van der Waals surface area contributed by atoms with E-state index in [1.54, 1.807) is 45.9 Å². The summed E-state index contributed by atoms with van der Waals surface area (Å²) in [5.41, 5.74) is 0.970. The molecule has 0 N–H and O–H groups in total. The van der Waals surface area contributed by atoms with Crippen LogP contribution in [0.4, 0.5) is 13.6 Å². The summed E-state index contributed by atoms with van der Waals surface area (Å²) >= 11 is 0. The molecule has 13 heteroatoms. The maximum atomic E-state index is 14.6. The number of piperidine rings is 1. The van der Waals surface area contributed by atoms with Crippen LogP contribution in [0.25, 0.3) is 10.9 Å². The van der Waals surface area contributed by atoms with Crippen molar-refractivity contribution in [3.63, 3.8) is 0 Å². The SMILES string of the molecule is COC(=O)c1ccc([C@@H]2CC(OCC(F)F)CCN2S(=O)(=O)c2c(OC)cc(C)c3c2ccn3C(=O)OC(C)(C)C)cc1. The lowest BCUT2D eigenvalue weighted by atomic mass is 9.94. The van der Waals surface area contributed by atoms with Crippen molar-refractivity contribution < 1.29 is 45.7 Å². The number of methoxy groups -OCH3 is 2. The van der Waals surface area contributed by atoms with Crippen molar-refractivity contribution in [2.75, 3.05) is 27.4 Å². The van der Waals surface area contributed by atoms with E-state index < -0.39 is 52.9 Å². The highest BCUT2D eigenvalue weighted by atomic mass is 32.2. The number of aromatic nitrogens is 1. The molecule has 4 rings (SSSR count). The van der Waals surface area contributed by atoms with Gasteiger partial charge in [0.1, 0.15) is 22.9 Å². The van der Waals surface area contributed by atoms with E-state index in [0.29, 0.717) is 16.6 Å². The predicted octanol–water partition coefficient (Wildman–Crippen LogP) is 5.70. The second-order valence-electron chi connectivity index (χ2n) is 11.3. The number of rotatable bonds is 8. The van der Waals surface area contributed by atoms with Gasteiger partial charge >= 0.3 is 12.1 Å². The molecular weight excluding hydrogens is 586 g/mol. The van der Waals surface area contributed by atoms with E-state index in [4.69, 9.17) is 18.9 Å². The third-order valence-electron chi connectivity index (χ3n) is 7.13. The van der Waals surface area contributed by atoms with E-state index in [2.05, 4.69) is 0 Å². The van der Waals surface area contributed by atoms with Crippen molar-refractivity contribution in [1.82, 2.24) is 8.87 Å². The zero-order valence-electron chi connectivity index (χ0n) is 24.9. The molecule has 1 saturated heterocycles. The number of benzene rings is 2. The van der Waals surface area contributed by atoms with Gasteiger partial charge in [-0.25, -0.2) is 26.8 Å². The molecule has 2 heterocycles. The Kier molecular flexibility index (Phi) is 9.48. The average molecular weight is 623 g/mol. The van der Waals surface area contributed by atoms with Gasteiger partial charge in [0.2, 0.25) is 10.0 Å². The third-order valence-corrected chi connectivity index (χ3v) is 9.12. The summed E-state index contributed by atoms with van der Waals surface area (Å²) in [5, 5.41) is 0.263. The molecule has 2 atom stereocenters. The van der Waals surface area contributed by atoms with Crippen LogP contribution >= 0.6 is 0 Å². The maximum absolute atomic E-state index is 14.6. The zero-order chi connectivity index (χ0) is 31.7. The Morgan fingerprint density at radius 1 is 1.09 bits per heavy atom. The highest BCUT2D eigenvalue weighted by Gasteiger charge is 2.41. The van der Waals surface area contributed by atoms with E-state index in [1.807, 2.05) is 0 Å². The molecule has 1 aromatic heterocycles. The van der Waals surface area contributed by atoms with Crippen LogP contribution < -0.4 is 4.74 Å². The number of halogens is 2. The van der Waals surface area contributed by atoms with E-state index in [1.165, 1.54) is 47.5 Å². The number of hydrogen-bond donors (Lipinski definition) is 0. The zero-order valence-corrected chi connectivity index (χ0v) is 25.7. The minimum absolute atomic E-state index is 0.0367. The highest BCUT2D eigenvalue weighted by molar-refractivity contribution is 7.89. The topological polar surface area (TPSA) is 113 Å². The van der Waals surface area contributed by atoms with Crippen LogP contribution in [0, 0.1) is 6.92 Å². The molecule has 1 aliphatic heterocycles. The number of esters is 1. The number of hydrogen-bond acceptors (Lipinski definition) is 8. The molecule has 0 aliphatic carbocycles. The van der Waals surface area contributed by atoms with Gasteiger partial charge in [0.25, 0.3) is 6.43 Å². The maximum Gasteiger partial charge on any atom is 0.419 e. The van der Waals surface area contributed by atoms with Crippen LogP contribution in [0.2, 0.25) is 0 Å². The van der Waals surface area contributed by atoms with Crippen LogP contribution in [-0.2, 0) is 24.2 Å². The summed E-state index contributed by atoms with van der Waals surface area (Å²) in [6.07, 6.45) is -2.23. The Morgan fingerprint density at radius 2 is 1.77 bits per heavy atom. The summed E-state index contributed by atoms with van der Waals surface area (Å²) in [6, 6.07) is 8.51. The molecule has 10 nitrogen and oxygen atoms in total. The van der Waals surface area contributed by atoms with Crippen molar-refractivity contribution in [3.8, 4) is 5.75 Å². The highest BCUT2D eigenvalue weighted by Crippen LogP contribution is 2.42. The van der Waals surface area contributed by atoms with Gasteiger partial charge in [0.15, 0.2) is 0 Å². The number of ether oxygens (including phenoxy) is 4. The lowest BCUT2D eigenvalue weighted by Gasteiger charge is -2.39. The van der Waals surface area contributed by atoms with Crippen molar-refractivity contribution >= 4 is 33.0 Å². The Hall–Kier alpha value is -3.55. The van der Waals surface area contributed by atoms with Crippen molar-refractivity contribution in [2.24, 2.45) is 0 Å². The van der Waals surface area contributed by atoms with Crippen LogP contribution in [0.3, 0.4) is 0 Å². The van der Waals surface area contributed by atoms with Crippen molar-refractivity contribution in [3.05, 3.63) is 59.3 Å². The molecule has 1 aliphatic rings. The normalized spacial score (nSPS) is 18.2. The molecular formula is C30H36F2N2O8S. The van der Waals surface area contributed by atoms with E-state index in [0.717, 1.165) is 0 Å². The molecule has 0 radical (unpaired) electrons. The molecule has 2 aromatic carbocycles. The van der Waals surface area contributed by atoms with Gasteiger partial charge in [-0.15, -0.1) is 0 Å². The van der Waals surface area contributed by atoms with Gasteiger partial charge in [-0.2, -0.15) is 4.31 Å². The largest absolute Gasteiger partial charge is 0.495 e. The minimum atomic E-state index is -4.33. The summed E-state index contributed by atoms with van der Waals surface area (Å²) in [4.78, 5) is 24.9. The predicted molar refractivity (Wildman–Crippen MR) is 154 cm³/mol. The molecule has 0 amide bonds. The second-order valence-corrected chi connectivity index (χ2v) is 13.1. The summed E-state index contributed by atoms with van der Waals surface area (Å²) < 4.78 is 78.8. The fourth-order valence-electron chi connectivity index (χ4n) is 5.30. The van der Waals surface area contributed by atoms with Crippen molar-refractivity contribution in [1.29, 1.82) is 0 Å². The lowest BCUT2D eigenvalue weighted by Crippen LogP contribution is -2.43. The number of aryl methyl sites for hydroxylation is 1. The monoisotopic (exact) mass is 622 g/mol. The van der Waals surface area contributed by atoms with E-state index in [-0.39, 0.29) is 41.0 Å². The average Bonchev–Trinajstić information content (AvgIpc) is 3.40. The number of fused-ring (bicyclic) bond motifs is 1. The molecule has 3 aromatic rings. The van der Waals surface area contributed by atoms with Gasteiger partial charge in [0.05, 0.1) is 37.4 Å². The van der Waals surface area contributed by atoms with Gasteiger partial charge in [-0.05, 0) is 75.9 Å². The first-order valence-electron chi connectivity index (χ1n) is 13.7. The first-order chi connectivity index (χ1) is 20.2. The number of carbonyl (C=O) groups excluding carboxylic acids is 2. The molecule has 0 saturated carbocycles. The molecule has 43 heavy (non-hydrogen) atoms. The van der Waals surface area contributed by atoms with Crippen molar-refractivity contribution in [2.45, 2.75) is 69.6 Å². The fraction of sp³-hybridized carbons (Fsp3) is 0.467. The minimum Gasteiger partial charge on any atom is -0.495 e. The lowest BCUT2D eigenvalue weighted by molar-refractivity contribution is -0.0486. The van der Waals surface area contributed by atoms with Gasteiger partial charge in [0, 0.05) is 18.1 Å². The summed E-state index contributed by atoms with van der Waals surface area (Å²) in [5.74, 6) is -0.470. The third kappa shape index (κ3) is 6.84. The van der Waals surface area contributed by atoms with Crippen LogP contribution in [0.1, 0.15) is 61.1 Å². The number of alkyl halides is 2. The Morgan fingerprint density at radius 3 is 2.35 bits per heavy atom. The summed E-state index contributed by atoms with van der Waals surface area (Å²) in [7, 11) is -1.72. The van der Waals surface area contributed by atoms with Crippen LogP contribution in [-0.4, -0.2) is 74.9 Å². The fourth-order valence-corrected chi connectivity index (χ4v) is 7.26. The molecule has 1 unspecified atom stereocenters. The molecule has 0 bridgehead atoms. The van der Waals surface area contributed by atoms with E-state index in [9.17, 15) is 26.8 Å². The van der Waals surface area contributed by atoms with Gasteiger partial charge in [-0.3, -0.25) is 4.57 Å². The quantitative estimate of drug-likeness (QED) is 0.294. The molecule has 1 fully saturated rings. The first-order valence-corrected chi connectivity index (χ1v) is 15.1. The van der Waals surface area contributed by atoms with Gasteiger partial charge in [-0.1, -0.05) is 12.1 Å². The van der Waals surface area contributed by atoms with E-state index >= 15 is 0 Å². The standard InChI is InChI=1S/C30H36F2N2O8S/c1-18-15-24(39-5)27(22-12-13-33(26(18)22)29(36)42-30(2,3)4)43(37,38)34-14-11-21(41-17-25(31)32)16-23(34)19-7-9-20(10-8-19)28(35)40-6/h7-10,12-13,15,21,23,25H,11,14,16-17H2,1-6H3/t21?,23-/m0/s1. The Bertz CT molecular complexity index is 1600. The molecule has 0 spiro atoms. The second kappa shape index (κ2) is 12.6. The van der Waals surface area contributed by atoms with Crippen LogP contribution in [0.5, 0.6) is 5.75 Å². The number of nitrogens with zero attached hydrogens (tertiary/aromatic N) is 2. The van der Waals surface area contributed by atoms with Crippen LogP contribution in [0.15, 0.2) is 47.5 Å². The molecule has 234 valence electrons. The first kappa shape index (κ1) is 32.4. The smallest absolute Gasteiger partial charge is 0.419 e. The summed E-state index contributed by atoms with van der Waals surface area (Å²) in [6.45, 7) is 6.12. The van der Waals surface area contributed by atoms with Gasteiger partial charge < -0.3 is 18.9 Å².